The highest BCUT2D eigenvalue weighted by Crippen LogP contribution is 2.51. The molecule has 30 heteroatoms. The predicted molar refractivity (Wildman–Crippen MR) is 156 cm³/mol. The van der Waals surface area contributed by atoms with Gasteiger partial charge in [-0.25, -0.2) is 18.5 Å². The first-order valence-electron chi connectivity index (χ1n) is 13.5. The summed E-state index contributed by atoms with van der Waals surface area (Å²) < 4.78 is 82.3. The van der Waals surface area contributed by atoms with Gasteiger partial charge in [-0.3, -0.25) is 37.0 Å². The minimum atomic E-state index is -5.36. The molecule has 0 amide bonds. The van der Waals surface area contributed by atoms with Crippen LogP contribution in [0.25, 0.3) is 0 Å². The van der Waals surface area contributed by atoms with E-state index in [1.165, 1.54) is 0 Å². The predicted octanol–water partition coefficient (Wildman–Crippen LogP) is -3.98. The molecule has 0 bridgehead atoms. The van der Waals surface area contributed by atoms with Crippen molar-refractivity contribution in [3.63, 3.8) is 0 Å². The van der Waals surface area contributed by atoms with Crippen LogP contribution < -0.4 is 11.2 Å². The van der Waals surface area contributed by atoms with Crippen LogP contribution in [-0.2, 0) is 66.9 Å². The molecular weight excluding hydrogens is 780 g/mol. The van der Waals surface area contributed by atoms with E-state index in [4.69, 9.17) is 42.1 Å². The summed E-state index contributed by atoms with van der Waals surface area (Å²) >= 11 is 4.32. The van der Waals surface area contributed by atoms with Crippen LogP contribution in [0.4, 0.5) is 0 Å². The fraction of sp³-hybridized carbons (Fsp3) is 0.789. The molecule has 282 valence electrons. The van der Waals surface area contributed by atoms with Gasteiger partial charge >= 0.3 is 35.9 Å². The van der Waals surface area contributed by atoms with Crippen LogP contribution in [0.1, 0.15) is 6.23 Å². The molecule has 0 saturated carbocycles. The van der Waals surface area contributed by atoms with E-state index in [1.54, 1.807) is 0 Å². The van der Waals surface area contributed by atoms with E-state index in [-0.39, 0.29) is 0 Å². The number of nitrogens with one attached hydrogen (secondary N) is 1. The number of ether oxygens (including phenoxy) is 3. The number of rotatable bonds is 16. The van der Waals surface area contributed by atoms with Gasteiger partial charge in [0.1, 0.15) is 54.9 Å². The van der Waals surface area contributed by atoms with Gasteiger partial charge in [-0.15, -0.1) is 0 Å². The zero-order chi connectivity index (χ0) is 36.5. The van der Waals surface area contributed by atoms with Crippen LogP contribution in [0.3, 0.4) is 0 Å². The molecule has 0 aromatic carbocycles. The molecule has 0 radical (unpaired) electrons. The first-order chi connectivity index (χ1) is 22.5. The lowest BCUT2D eigenvalue weighted by atomic mass is 10.1. The summed E-state index contributed by atoms with van der Waals surface area (Å²) in [5, 5.41) is 31.0. The molecule has 3 saturated heterocycles. The third-order valence-corrected chi connectivity index (χ3v) is 10.2. The average molecular weight is 812 g/mol. The summed E-state index contributed by atoms with van der Waals surface area (Å²) in [5.41, 5.74) is -1.96. The molecule has 0 spiro atoms. The number of aromatic nitrogens is 2. The van der Waals surface area contributed by atoms with Crippen molar-refractivity contribution in [1.29, 1.82) is 0 Å². The third kappa shape index (κ3) is 11.6. The molecule has 1 aromatic rings. The van der Waals surface area contributed by atoms with Crippen LogP contribution in [0.5, 0.6) is 0 Å². The van der Waals surface area contributed by atoms with Crippen LogP contribution in [0.15, 0.2) is 21.9 Å². The van der Waals surface area contributed by atoms with Crippen LogP contribution in [-0.4, -0.2) is 142 Å². The smallest absolute Gasteiger partial charge is 0.388 e. The molecule has 49 heavy (non-hydrogen) atoms. The number of H-pyrrole nitrogens is 1. The Hall–Kier alpha value is -0.700. The number of aliphatic hydroxyl groups excluding tert-OH is 3. The van der Waals surface area contributed by atoms with Gasteiger partial charge in [-0.2, -0.15) is 0 Å². The van der Waals surface area contributed by atoms with Crippen molar-refractivity contribution in [3.05, 3.63) is 33.1 Å². The second kappa shape index (κ2) is 16.1. The van der Waals surface area contributed by atoms with E-state index in [0.29, 0.717) is 4.57 Å². The molecule has 3 aliphatic heterocycles. The van der Waals surface area contributed by atoms with Gasteiger partial charge in [0.25, 0.3) is 5.56 Å². The Morgan fingerprint density at radius 2 is 1.27 bits per heavy atom. The highest BCUT2D eigenvalue weighted by atomic mass is 32.5. The highest BCUT2D eigenvalue weighted by molar-refractivity contribution is 8.06. The fourth-order valence-electron chi connectivity index (χ4n) is 4.76. The van der Waals surface area contributed by atoms with Crippen molar-refractivity contribution in [2.45, 2.75) is 61.2 Å². The monoisotopic (exact) mass is 812 g/mol. The van der Waals surface area contributed by atoms with Gasteiger partial charge < -0.3 is 63.4 Å². The van der Waals surface area contributed by atoms with Crippen molar-refractivity contribution >= 4 is 42.0 Å². The average Bonchev–Trinajstić information content (AvgIpc) is 3.59. The summed E-state index contributed by atoms with van der Waals surface area (Å²) in [5.74, 6) is 0. The minimum Gasteiger partial charge on any atom is -0.388 e. The maximum Gasteiger partial charge on any atom is 0.472 e. The summed E-state index contributed by atoms with van der Waals surface area (Å²) in [6.45, 7) is -7.88. The number of hydrogen-bond acceptors (Lipinski definition) is 18. The topological polar surface area (TPSA) is 371 Å². The third-order valence-electron chi connectivity index (χ3n) is 6.87. The van der Waals surface area contributed by atoms with Gasteiger partial charge in [0.15, 0.2) is 6.23 Å². The second-order valence-electron chi connectivity index (χ2n) is 10.5. The first-order valence-corrected chi connectivity index (χ1v) is 20.7. The number of aliphatic hydroxyl groups is 3. The largest absolute Gasteiger partial charge is 0.472 e. The SMILES string of the molecule is O=c1ccn([C@@H]2O[C@H](COP(=O)(O)O[C@H]3[C@@H](O)CO[C@@H]3COP(O)(O)=S)[C@@H](OP(=O)(O)OC[C@H]3OC[C@H](O)[C@@H]3OP(=O)(O)O)[C@H]2O)c(=O)[nH]1. The molecule has 10 N–H and O–H groups in total. The van der Waals surface area contributed by atoms with E-state index >= 15 is 0 Å². The quantitative estimate of drug-likeness (QED) is 0.0711. The van der Waals surface area contributed by atoms with Gasteiger partial charge in [-0.05, 0) is 11.8 Å². The number of nitrogens with zero attached hydrogens (tertiary/aromatic N) is 1. The van der Waals surface area contributed by atoms with E-state index < -0.39 is 136 Å². The van der Waals surface area contributed by atoms with Crippen molar-refractivity contribution in [2.24, 2.45) is 0 Å². The Bertz CT molecular complexity index is 1610. The lowest BCUT2D eigenvalue weighted by Crippen LogP contribution is -2.39. The number of aromatic amines is 1. The molecule has 25 nitrogen and oxygen atoms in total. The van der Waals surface area contributed by atoms with Gasteiger partial charge in [0, 0.05) is 12.3 Å². The summed E-state index contributed by atoms with van der Waals surface area (Å²) in [6, 6.07) is 0.861. The summed E-state index contributed by atoms with van der Waals surface area (Å²) in [7, 11) is -15.8. The van der Waals surface area contributed by atoms with Crippen LogP contribution >= 0.6 is 30.2 Å². The second-order valence-corrected chi connectivity index (χ2v) is 17.1. The molecule has 12 atom stereocenters. The van der Waals surface area contributed by atoms with E-state index in [1.807, 2.05) is 4.98 Å². The number of phosphoric acid groups is 3. The standard InChI is InChI=1S/C19H32N2O23P4S/c22-8-3-36-10(15(8)42-45(27,28)29)5-38-47(32,33)44-17-12(41-18(14(17)25)21-2-1-13(24)20-19(21)26)7-39-46(30,31)43-16-9(23)4-37-11(16)6-40-48(34,35)49/h1-2,8-12,14-18,22-23,25H,3-7H2,(H,30,31)(H,32,33)(H,20,24,26)(H2,27,28,29)(H2,34,35,49)/t8-,9-,10+,11+,12+,14+,15-,16-,17+,18+/m0/s1. The minimum absolute atomic E-state index is 0.440. The maximum absolute atomic E-state index is 12.9. The van der Waals surface area contributed by atoms with E-state index in [9.17, 15) is 58.2 Å². The van der Waals surface area contributed by atoms with Crippen molar-refractivity contribution in [2.75, 3.05) is 33.0 Å². The molecule has 3 fully saturated rings. The lowest BCUT2D eigenvalue weighted by Gasteiger charge is -2.26. The van der Waals surface area contributed by atoms with Gasteiger partial charge in [0.2, 0.25) is 0 Å². The molecule has 4 heterocycles. The molecule has 1 aromatic heterocycles. The zero-order valence-corrected chi connectivity index (χ0v) is 28.7. The summed E-state index contributed by atoms with van der Waals surface area (Å²) in [6.07, 6.45) is -16.1. The van der Waals surface area contributed by atoms with E-state index in [0.717, 1.165) is 12.3 Å². The Labute approximate surface area is 278 Å². The van der Waals surface area contributed by atoms with Crippen molar-refractivity contribution < 1.29 is 99.7 Å². The van der Waals surface area contributed by atoms with Crippen LogP contribution in [0.2, 0.25) is 0 Å². The Morgan fingerprint density at radius 3 is 1.78 bits per heavy atom. The summed E-state index contributed by atoms with van der Waals surface area (Å²) in [4.78, 5) is 83.3. The zero-order valence-electron chi connectivity index (χ0n) is 24.3. The maximum atomic E-state index is 12.9. The normalized spacial score (nSPS) is 35.0. The Kier molecular flexibility index (Phi) is 13.5. The molecule has 3 aliphatic rings. The van der Waals surface area contributed by atoms with Crippen LogP contribution in [0, 0.1) is 0 Å². The number of phosphoric ester groups is 3. The Balaban J connectivity index is 1.48. The number of hydrogen-bond donors (Lipinski definition) is 10. The van der Waals surface area contributed by atoms with Crippen molar-refractivity contribution in [3.8, 4) is 0 Å². The highest BCUT2D eigenvalue weighted by Gasteiger charge is 2.51. The molecule has 2 unspecified atom stereocenters. The van der Waals surface area contributed by atoms with E-state index in [2.05, 4.69) is 20.9 Å². The lowest BCUT2D eigenvalue weighted by molar-refractivity contribution is -0.0603. The Morgan fingerprint density at radius 1 is 0.776 bits per heavy atom. The van der Waals surface area contributed by atoms with Crippen molar-refractivity contribution in [1.82, 2.24) is 9.55 Å². The van der Waals surface area contributed by atoms with Gasteiger partial charge in [-0.1, -0.05) is 0 Å². The van der Waals surface area contributed by atoms with Gasteiger partial charge in [0.05, 0.1) is 33.0 Å². The molecule has 4 rings (SSSR count). The molecule has 0 aliphatic carbocycles. The first kappa shape index (κ1) is 41.1. The fourth-order valence-corrected chi connectivity index (χ4v) is 7.82. The molecular formula is C19H32N2O23P4S.